The molecule has 3 aliphatic rings. The molecule has 4 aromatic rings. The van der Waals surface area contributed by atoms with E-state index in [2.05, 4.69) is 43.0 Å². The number of hydrogen-bond acceptors (Lipinski definition) is 10. The first-order valence-corrected chi connectivity index (χ1v) is 21.6. The Balaban J connectivity index is 0.783. The van der Waals surface area contributed by atoms with Crippen molar-refractivity contribution in [2.45, 2.75) is 83.1 Å². The number of carbonyl (C=O) groups is 3. The van der Waals surface area contributed by atoms with Gasteiger partial charge in [0, 0.05) is 49.8 Å². The van der Waals surface area contributed by atoms with Crippen molar-refractivity contribution in [3.05, 3.63) is 65.9 Å². The Kier molecular flexibility index (Phi) is 14.7. The maximum absolute atomic E-state index is 14.1. The number of oxazole rings is 1. The van der Waals surface area contributed by atoms with Crippen LogP contribution in [0.25, 0.3) is 11.5 Å². The molecular weight excluding hydrogens is 796 g/mol. The Morgan fingerprint density at radius 3 is 2.65 bits per heavy atom. The Labute approximate surface area is 353 Å². The molecule has 1 aromatic carbocycles. The number of anilines is 3. The van der Waals surface area contributed by atoms with Gasteiger partial charge in [-0.25, -0.2) is 18.7 Å². The van der Waals surface area contributed by atoms with Gasteiger partial charge in [0.05, 0.1) is 11.7 Å². The molecule has 17 heteroatoms. The van der Waals surface area contributed by atoms with Crippen molar-refractivity contribution < 1.29 is 32.3 Å². The Bertz CT molecular complexity index is 2080. The molecule has 3 aromatic heterocycles. The second kappa shape index (κ2) is 20.4. The summed E-state index contributed by atoms with van der Waals surface area (Å²) in [4.78, 5) is 50.4. The first-order chi connectivity index (χ1) is 29.1. The van der Waals surface area contributed by atoms with Crippen LogP contribution in [0.3, 0.4) is 0 Å². The standard InChI is InChI=1S/C43H54ClF2N9O5/c1-53(18-4-2-3-16-48-38(56)27-59-33-13-14-36-30(20-33)6-5-19-54(36)39(57)22-44)24-29-9-11-32(12-10-29)55-25-34(40(52-55)41(45)46)50-42(58)35-26-60-43(51-35)31-15-17-47-37(21-31)49-23-28-7-8-28/h13-15,17,20-21,25-26,28-29,32,41H,2-12,16,18-19,22-24,27H2,1H3,(H,47,49)(H,48,56)(H,50,58). The van der Waals surface area contributed by atoms with Crippen molar-refractivity contribution in [2.24, 2.45) is 11.8 Å². The topological polar surface area (TPSA) is 160 Å². The number of hydrogen-bond donors (Lipinski definition) is 3. The summed E-state index contributed by atoms with van der Waals surface area (Å²) >= 11 is 5.77. The van der Waals surface area contributed by atoms with Gasteiger partial charge < -0.3 is 34.9 Å². The predicted octanol–water partition coefficient (Wildman–Crippen LogP) is 7.49. The van der Waals surface area contributed by atoms with Crippen molar-refractivity contribution in [3.63, 3.8) is 0 Å². The van der Waals surface area contributed by atoms with Crippen LogP contribution in [-0.4, -0.2) is 94.6 Å². The molecule has 2 fully saturated rings. The lowest BCUT2D eigenvalue weighted by Crippen LogP contribution is -2.36. The summed E-state index contributed by atoms with van der Waals surface area (Å²) in [6, 6.07) is 9.02. The lowest BCUT2D eigenvalue weighted by Gasteiger charge is -2.31. The highest BCUT2D eigenvalue weighted by atomic mass is 35.5. The van der Waals surface area contributed by atoms with E-state index >= 15 is 0 Å². The number of nitrogens with zero attached hydrogens (tertiary/aromatic N) is 6. The van der Waals surface area contributed by atoms with E-state index in [0.717, 1.165) is 88.7 Å². The normalized spacial score (nSPS) is 17.7. The number of nitrogens with one attached hydrogen (secondary N) is 3. The first-order valence-electron chi connectivity index (χ1n) is 21.0. The third kappa shape index (κ3) is 11.6. The molecule has 7 rings (SSSR count). The number of benzene rings is 1. The minimum atomic E-state index is -2.86. The number of amides is 3. The van der Waals surface area contributed by atoms with E-state index in [1.165, 1.54) is 25.3 Å². The van der Waals surface area contributed by atoms with Gasteiger partial charge >= 0.3 is 0 Å². The number of aryl methyl sites for hydroxylation is 1. The highest BCUT2D eigenvalue weighted by Crippen LogP contribution is 2.36. The number of rotatable bonds is 20. The summed E-state index contributed by atoms with van der Waals surface area (Å²) in [6.07, 6.45) is 12.0. The summed E-state index contributed by atoms with van der Waals surface area (Å²) in [7, 11) is 2.12. The van der Waals surface area contributed by atoms with Gasteiger partial charge in [-0.15, -0.1) is 11.6 Å². The van der Waals surface area contributed by atoms with E-state index < -0.39 is 18.0 Å². The van der Waals surface area contributed by atoms with Crippen molar-refractivity contribution in [3.8, 4) is 17.2 Å². The summed E-state index contributed by atoms with van der Waals surface area (Å²) in [6.45, 7) is 3.89. The molecule has 60 heavy (non-hydrogen) atoms. The van der Waals surface area contributed by atoms with Crippen LogP contribution in [0.5, 0.6) is 5.75 Å². The van der Waals surface area contributed by atoms with Gasteiger partial charge in [0.1, 0.15) is 23.7 Å². The van der Waals surface area contributed by atoms with E-state index in [1.54, 1.807) is 34.0 Å². The van der Waals surface area contributed by atoms with Gasteiger partial charge in [-0.3, -0.25) is 19.1 Å². The van der Waals surface area contributed by atoms with E-state index in [9.17, 15) is 23.2 Å². The molecule has 0 spiro atoms. The number of aromatic nitrogens is 4. The lowest BCUT2D eigenvalue weighted by molar-refractivity contribution is -0.123. The van der Waals surface area contributed by atoms with Gasteiger partial charge in [0.15, 0.2) is 18.0 Å². The highest BCUT2D eigenvalue weighted by Gasteiger charge is 2.28. The number of halogens is 3. The molecular formula is C43H54ClF2N9O5. The highest BCUT2D eigenvalue weighted by molar-refractivity contribution is 6.29. The molecule has 3 amide bonds. The zero-order valence-corrected chi connectivity index (χ0v) is 34.8. The summed E-state index contributed by atoms with van der Waals surface area (Å²) in [5.74, 6) is 1.68. The summed E-state index contributed by atoms with van der Waals surface area (Å²) in [5.41, 5.74) is 1.98. The Hall–Kier alpha value is -5.09. The lowest BCUT2D eigenvalue weighted by atomic mass is 9.86. The minimum Gasteiger partial charge on any atom is -0.484 e. The third-order valence-corrected chi connectivity index (χ3v) is 11.7. The van der Waals surface area contributed by atoms with Crippen LogP contribution in [-0.2, 0) is 16.0 Å². The molecule has 2 saturated carbocycles. The van der Waals surface area contributed by atoms with Gasteiger partial charge in [0.25, 0.3) is 18.2 Å². The smallest absolute Gasteiger partial charge is 0.284 e. The molecule has 322 valence electrons. The van der Waals surface area contributed by atoms with E-state index in [4.69, 9.17) is 20.8 Å². The van der Waals surface area contributed by atoms with E-state index in [-0.39, 0.29) is 47.6 Å². The van der Waals surface area contributed by atoms with Gasteiger partial charge in [-0.2, -0.15) is 5.10 Å². The predicted molar refractivity (Wildman–Crippen MR) is 225 cm³/mol. The van der Waals surface area contributed by atoms with Crippen LogP contribution in [0.15, 0.2) is 53.4 Å². The van der Waals surface area contributed by atoms with Crippen molar-refractivity contribution in [1.82, 2.24) is 30.0 Å². The minimum absolute atomic E-state index is 0.0282. The monoisotopic (exact) mass is 849 g/mol. The molecule has 0 unspecified atom stereocenters. The largest absolute Gasteiger partial charge is 0.484 e. The zero-order chi connectivity index (χ0) is 42.0. The maximum Gasteiger partial charge on any atom is 0.284 e. The van der Waals surface area contributed by atoms with Crippen molar-refractivity contribution in [1.29, 1.82) is 0 Å². The van der Waals surface area contributed by atoms with Crippen LogP contribution in [0.2, 0.25) is 0 Å². The Morgan fingerprint density at radius 1 is 1.05 bits per heavy atom. The molecule has 0 atom stereocenters. The molecule has 4 heterocycles. The van der Waals surface area contributed by atoms with Crippen LogP contribution in [0, 0.1) is 11.8 Å². The number of ether oxygens (including phenoxy) is 1. The molecule has 2 aliphatic carbocycles. The second-order valence-electron chi connectivity index (χ2n) is 16.2. The number of pyridine rings is 1. The SMILES string of the molecule is CN(CCCCCNC(=O)COc1ccc2c(c1)CCCN2C(=O)CCl)CC1CCC(n2cc(NC(=O)c3coc(-c4ccnc(NCC5CC5)c4)n3)c(C(F)F)n2)CC1. The molecule has 14 nitrogen and oxygen atoms in total. The summed E-state index contributed by atoms with van der Waals surface area (Å²) < 4.78 is 41.1. The average Bonchev–Trinajstić information content (AvgIpc) is 3.78. The maximum atomic E-state index is 14.1. The van der Waals surface area contributed by atoms with E-state index in [1.807, 2.05) is 12.1 Å². The number of fused-ring (bicyclic) bond motifs is 1. The molecule has 1 aliphatic heterocycles. The van der Waals surface area contributed by atoms with Crippen LogP contribution >= 0.6 is 11.6 Å². The first kappa shape index (κ1) is 43.0. The average molecular weight is 850 g/mol. The third-order valence-electron chi connectivity index (χ3n) is 11.5. The molecule has 0 radical (unpaired) electrons. The van der Waals surface area contributed by atoms with Gasteiger partial charge in [0.2, 0.25) is 11.8 Å². The molecule has 0 bridgehead atoms. The number of alkyl halides is 3. The number of carbonyl (C=O) groups excluding carboxylic acids is 3. The summed E-state index contributed by atoms with van der Waals surface area (Å²) in [5, 5.41) is 13.0. The van der Waals surface area contributed by atoms with Crippen molar-refractivity contribution in [2.75, 3.05) is 67.8 Å². The zero-order valence-electron chi connectivity index (χ0n) is 34.0. The number of unbranched alkanes of at least 4 members (excludes halogenated alkanes) is 2. The van der Waals surface area contributed by atoms with Gasteiger partial charge in [-0.05, 0) is 126 Å². The second-order valence-corrected chi connectivity index (χ2v) is 16.4. The van der Waals surface area contributed by atoms with E-state index in [0.29, 0.717) is 42.1 Å². The van der Waals surface area contributed by atoms with Gasteiger partial charge in [-0.1, -0.05) is 6.42 Å². The Morgan fingerprint density at radius 2 is 1.87 bits per heavy atom. The molecule has 0 saturated heterocycles. The van der Waals surface area contributed by atoms with Crippen LogP contribution in [0.4, 0.5) is 26.0 Å². The fourth-order valence-corrected chi connectivity index (χ4v) is 8.15. The molecule has 3 N–H and O–H groups in total. The van der Waals surface area contributed by atoms with Crippen LogP contribution in [0.1, 0.15) is 98.4 Å². The quantitative estimate of drug-likeness (QED) is 0.0601. The fraction of sp³-hybridized carbons (Fsp3) is 0.535. The van der Waals surface area contributed by atoms with Crippen molar-refractivity contribution >= 4 is 46.5 Å². The van der Waals surface area contributed by atoms with Crippen LogP contribution < -0.4 is 25.6 Å². The fourth-order valence-electron chi connectivity index (χ4n) is 8.01.